The van der Waals surface area contributed by atoms with E-state index in [2.05, 4.69) is 10.1 Å². The lowest BCUT2D eigenvalue weighted by Gasteiger charge is -1.96. The molecule has 1 aromatic carbocycles. The summed E-state index contributed by atoms with van der Waals surface area (Å²) < 4.78 is 2.59. The van der Waals surface area contributed by atoms with Crippen LogP contribution in [0.3, 0.4) is 0 Å². The molecule has 1 N–H and O–H groups in total. The molecule has 0 amide bonds. The lowest BCUT2D eigenvalue weighted by atomic mass is 10.3. The number of aryl methyl sites for hydroxylation is 1. The van der Waals surface area contributed by atoms with Crippen molar-refractivity contribution in [1.82, 2.24) is 14.8 Å². The van der Waals surface area contributed by atoms with Crippen LogP contribution in [0.4, 0.5) is 0 Å². The largest absolute Gasteiger partial charge is 0.493 e. The first-order valence-corrected chi connectivity index (χ1v) is 6.09. The van der Waals surface area contributed by atoms with Crippen molar-refractivity contribution >= 4 is 21.6 Å². The zero-order valence-electron chi connectivity index (χ0n) is 9.51. The molecule has 0 aliphatic heterocycles. The SMILES string of the molecule is Cc1nn(-c2nc3ccccc3s2)c(O)c1C. The summed E-state index contributed by atoms with van der Waals surface area (Å²) in [7, 11) is 0. The smallest absolute Gasteiger partial charge is 0.219 e. The van der Waals surface area contributed by atoms with Crippen LogP contribution in [-0.2, 0) is 0 Å². The highest BCUT2D eigenvalue weighted by molar-refractivity contribution is 7.20. The normalized spacial score (nSPS) is 11.2. The van der Waals surface area contributed by atoms with Gasteiger partial charge in [0.1, 0.15) is 0 Å². The van der Waals surface area contributed by atoms with E-state index in [0.717, 1.165) is 21.5 Å². The predicted molar refractivity (Wildman–Crippen MR) is 67.9 cm³/mol. The minimum Gasteiger partial charge on any atom is -0.493 e. The van der Waals surface area contributed by atoms with Crippen molar-refractivity contribution < 1.29 is 5.11 Å². The van der Waals surface area contributed by atoms with Crippen LogP contribution in [0.5, 0.6) is 5.88 Å². The van der Waals surface area contributed by atoms with Crippen molar-refractivity contribution in [3.63, 3.8) is 0 Å². The number of thiazole rings is 1. The highest BCUT2D eigenvalue weighted by atomic mass is 32.1. The van der Waals surface area contributed by atoms with Crippen LogP contribution in [0.15, 0.2) is 24.3 Å². The monoisotopic (exact) mass is 245 g/mol. The maximum Gasteiger partial charge on any atom is 0.219 e. The number of para-hydroxylation sites is 1. The second-order valence-electron chi connectivity index (χ2n) is 3.91. The van der Waals surface area contributed by atoms with Gasteiger partial charge in [0.25, 0.3) is 0 Å². The molecule has 0 saturated heterocycles. The van der Waals surface area contributed by atoms with Gasteiger partial charge in [-0.25, -0.2) is 4.98 Å². The molecule has 3 aromatic rings. The van der Waals surface area contributed by atoms with Crippen molar-refractivity contribution in [3.8, 4) is 11.0 Å². The minimum atomic E-state index is 0.168. The van der Waals surface area contributed by atoms with E-state index in [1.54, 1.807) is 0 Å². The van der Waals surface area contributed by atoms with Crippen molar-refractivity contribution in [2.45, 2.75) is 13.8 Å². The zero-order valence-corrected chi connectivity index (χ0v) is 10.3. The third-order valence-electron chi connectivity index (χ3n) is 2.79. The van der Waals surface area contributed by atoms with Crippen LogP contribution in [0.1, 0.15) is 11.3 Å². The number of aromatic hydroxyl groups is 1. The standard InChI is InChI=1S/C12H11N3OS/c1-7-8(2)14-15(11(7)16)12-13-9-5-3-4-6-10(9)17-12/h3-6,16H,1-2H3. The number of hydrogen-bond donors (Lipinski definition) is 1. The Labute approximate surface area is 102 Å². The molecule has 0 saturated carbocycles. The quantitative estimate of drug-likeness (QED) is 0.717. The van der Waals surface area contributed by atoms with Gasteiger partial charge in [-0.15, -0.1) is 0 Å². The van der Waals surface area contributed by atoms with E-state index in [4.69, 9.17) is 0 Å². The lowest BCUT2D eigenvalue weighted by molar-refractivity contribution is 0.430. The van der Waals surface area contributed by atoms with Crippen molar-refractivity contribution in [2.24, 2.45) is 0 Å². The molecule has 0 aliphatic carbocycles. The van der Waals surface area contributed by atoms with Gasteiger partial charge in [-0.2, -0.15) is 9.78 Å². The Bertz CT molecular complexity index is 666. The first-order valence-electron chi connectivity index (χ1n) is 5.28. The van der Waals surface area contributed by atoms with E-state index >= 15 is 0 Å². The van der Waals surface area contributed by atoms with E-state index in [1.807, 2.05) is 38.1 Å². The van der Waals surface area contributed by atoms with E-state index in [9.17, 15) is 5.11 Å². The summed E-state index contributed by atoms with van der Waals surface area (Å²) in [6.45, 7) is 3.72. The molecule has 0 unspecified atom stereocenters. The molecular weight excluding hydrogens is 234 g/mol. The predicted octanol–water partition coefficient (Wildman–Crippen LogP) is 2.80. The van der Waals surface area contributed by atoms with Gasteiger partial charge in [0.05, 0.1) is 15.9 Å². The van der Waals surface area contributed by atoms with Gasteiger partial charge in [-0.3, -0.25) is 0 Å². The molecular formula is C12H11N3OS. The average molecular weight is 245 g/mol. The van der Waals surface area contributed by atoms with E-state index in [0.29, 0.717) is 5.13 Å². The van der Waals surface area contributed by atoms with Crippen molar-refractivity contribution in [1.29, 1.82) is 0 Å². The third-order valence-corrected chi connectivity index (χ3v) is 3.80. The second-order valence-corrected chi connectivity index (χ2v) is 4.92. The fourth-order valence-electron chi connectivity index (χ4n) is 1.68. The number of benzene rings is 1. The third kappa shape index (κ3) is 1.51. The fourth-order valence-corrected chi connectivity index (χ4v) is 2.60. The number of aromatic nitrogens is 3. The Kier molecular flexibility index (Phi) is 2.16. The topological polar surface area (TPSA) is 50.9 Å². The number of hydrogen-bond acceptors (Lipinski definition) is 4. The zero-order chi connectivity index (χ0) is 12.0. The number of fused-ring (bicyclic) bond motifs is 1. The van der Waals surface area contributed by atoms with Crippen LogP contribution in [0.2, 0.25) is 0 Å². The molecule has 0 atom stereocenters. The molecule has 0 radical (unpaired) electrons. The van der Waals surface area contributed by atoms with E-state index in [1.165, 1.54) is 16.0 Å². The number of rotatable bonds is 1. The molecule has 17 heavy (non-hydrogen) atoms. The van der Waals surface area contributed by atoms with E-state index < -0.39 is 0 Å². The summed E-state index contributed by atoms with van der Waals surface area (Å²) in [5.41, 5.74) is 2.55. The Morgan fingerprint density at radius 3 is 2.65 bits per heavy atom. The van der Waals surface area contributed by atoms with Gasteiger partial charge in [0, 0.05) is 5.56 Å². The Hall–Kier alpha value is -1.88. The summed E-state index contributed by atoms with van der Waals surface area (Å²) in [6, 6.07) is 7.89. The second kappa shape index (κ2) is 3.56. The molecule has 3 rings (SSSR count). The van der Waals surface area contributed by atoms with Crippen LogP contribution < -0.4 is 0 Å². The minimum absolute atomic E-state index is 0.168. The molecule has 0 aliphatic rings. The van der Waals surface area contributed by atoms with E-state index in [-0.39, 0.29) is 5.88 Å². The van der Waals surface area contributed by atoms with Gasteiger partial charge in [0.2, 0.25) is 11.0 Å². The van der Waals surface area contributed by atoms with Crippen molar-refractivity contribution in [3.05, 3.63) is 35.5 Å². The molecule has 2 aromatic heterocycles. The van der Waals surface area contributed by atoms with Crippen LogP contribution in [0.25, 0.3) is 15.3 Å². The fraction of sp³-hybridized carbons (Fsp3) is 0.167. The summed E-state index contributed by atoms with van der Waals surface area (Å²) in [5, 5.41) is 14.9. The highest BCUT2D eigenvalue weighted by Gasteiger charge is 2.14. The molecule has 0 fully saturated rings. The van der Waals surface area contributed by atoms with Gasteiger partial charge in [-0.1, -0.05) is 23.5 Å². The summed E-state index contributed by atoms with van der Waals surface area (Å²) in [6.07, 6.45) is 0. The van der Waals surface area contributed by atoms with Crippen LogP contribution >= 0.6 is 11.3 Å². The summed E-state index contributed by atoms with van der Waals surface area (Å²) in [5.74, 6) is 0.168. The van der Waals surface area contributed by atoms with Gasteiger partial charge in [0.15, 0.2) is 0 Å². The Balaban J connectivity index is 2.23. The van der Waals surface area contributed by atoms with Gasteiger partial charge >= 0.3 is 0 Å². The molecule has 2 heterocycles. The highest BCUT2D eigenvalue weighted by Crippen LogP contribution is 2.29. The van der Waals surface area contributed by atoms with Crippen molar-refractivity contribution in [2.75, 3.05) is 0 Å². The Morgan fingerprint density at radius 1 is 1.24 bits per heavy atom. The maximum atomic E-state index is 9.96. The summed E-state index contributed by atoms with van der Waals surface area (Å²) >= 11 is 1.52. The van der Waals surface area contributed by atoms with Crippen LogP contribution in [-0.4, -0.2) is 19.9 Å². The molecule has 0 bridgehead atoms. The van der Waals surface area contributed by atoms with Gasteiger partial charge in [-0.05, 0) is 26.0 Å². The maximum absolute atomic E-state index is 9.96. The molecule has 86 valence electrons. The molecule has 4 nitrogen and oxygen atoms in total. The Morgan fingerprint density at radius 2 is 2.00 bits per heavy atom. The first kappa shape index (κ1) is 10.3. The number of nitrogens with zero attached hydrogens (tertiary/aromatic N) is 3. The lowest BCUT2D eigenvalue weighted by Crippen LogP contribution is -1.94. The summed E-state index contributed by atoms with van der Waals surface area (Å²) in [4.78, 5) is 4.46. The van der Waals surface area contributed by atoms with Gasteiger partial charge < -0.3 is 5.11 Å². The van der Waals surface area contributed by atoms with Crippen LogP contribution in [0, 0.1) is 13.8 Å². The first-order chi connectivity index (χ1) is 8.16. The molecule has 0 spiro atoms. The molecule has 5 heteroatoms. The average Bonchev–Trinajstić information content (AvgIpc) is 2.86.